The van der Waals surface area contributed by atoms with Gasteiger partial charge in [-0.25, -0.2) is 0 Å². The maximum atomic E-state index is 6.14. The normalized spacial score (nSPS) is 11.3. The first kappa shape index (κ1) is 97.8. The van der Waals surface area contributed by atoms with Gasteiger partial charge in [0.15, 0.2) is 23.1 Å². The number of hydrogen-bond acceptors (Lipinski definition) is 35. The first-order valence-corrected chi connectivity index (χ1v) is 44.9. The lowest BCUT2D eigenvalue weighted by atomic mass is 10.0. The molecule has 142 heavy (non-hydrogen) atoms. The summed E-state index contributed by atoms with van der Waals surface area (Å²) in [6, 6.07) is 91.7. The van der Waals surface area contributed by atoms with Crippen molar-refractivity contribution in [3.05, 3.63) is 313 Å². The van der Waals surface area contributed by atoms with Gasteiger partial charge in [-0.1, -0.05) is 175 Å². The van der Waals surface area contributed by atoms with Crippen LogP contribution in [0.2, 0.25) is 5.02 Å². The van der Waals surface area contributed by atoms with E-state index in [-0.39, 0.29) is 0 Å². The molecule has 12 aromatic carbocycles. The summed E-state index contributed by atoms with van der Waals surface area (Å²) in [5.41, 5.74) is 11.0. The lowest BCUT2D eigenvalue weighted by Gasteiger charge is -2.07. The van der Waals surface area contributed by atoms with E-state index < -0.39 is 0 Å². The summed E-state index contributed by atoms with van der Waals surface area (Å²) >= 11 is 6.14. The minimum atomic E-state index is 0.524. The number of hydrogen-bond donors (Lipinski definition) is 9. The number of fused-ring (bicyclic) bond motifs is 1. The van der Waals surface area contributed by atoms with Gasteiger partial charge in [0.25, 0.3) is 0 Å². The van der Waals surface area contributed by atoms with Crippen LogP contribution in [-0.4, -0.2) is 234 Å². The molecule has 0 aliphatic heterocycles. The summed E-state index contributed by atoms with van der Waals surface area (Å²) in [4.78, 5) is 0. The van der Waals surface area contributed by atoms with E-state index >= 15 is 0 Å². The van der Waals surface area contributed by atoms with Crippen LogP contribution < -0.4 is 37.9 Å². The molecule has 2 aliphatic carbocycles. The number of benzene rings is 12. The number of tetrazole rings is 9. The second-order valence-electron chi connectivity index (χ2n) is 30.7. The largest absolute Gasteiger partial charge is 0.497 e. The van der Waals surface area contributed by atoms with Crippen LogP contribution in [0.15, 0.2) is 285 Å². The lowest BCUT2D eigenvalue weighted by Crippen LogP contribution is -1.99. The van der Waals surface area contributed by atoms with E-state index in [4.69, 9.17) is 49.5 Å². The number of nitrogens with one attached hydrogen (secondary N) is 9. The molecule has 2 aliphatic rings. The quantitative estimate of drug-likeness (QED) is 0.0206. The Morgan fingerprint density at radius 1 is 0.275 bits per heavy atom. The standard InChI is InChI=1S/C14H12N4.C13H10N4O.C12H10N4O.C11H11ClN4O.C11H12N4O.C11H14N4O.C9H10N4O2.C8H8N4O.C8H8N4/c1-2-4-12(5-3-1)13-8-6-11(7-9-13)10-14-15-17-18-16-14;1-2-4-11(5-3-1)18-12-8-6-10(7-9-12)13-14-16-17-15-13;1-17-11-7-6-10(12-13-15-16-14-12)8-4-2-3-5-9(8)11;12-9-5-8(11-13-15-16-14-11)3-4-10(9)17-6-7-1-2-7;1-2-8(1)7-16-10-5-3-9(4-6-10)11-12-14-15-13-11;1-2-3-8-16-10-6-4-9(5-7-10)11-12-14-15-13-11;1-14-7-4-3-6(5-8(7)15-2)9-10-12-13-11-9;1-13-7-4-2-3-6(5-7)8-9-11-12-10-8;1-2-4-7(5-3-1)6-8-9-11-12-10-8/h1-9H,10H2,(H,15,16,17,18);1-9H,(H,14,15,16,17);2-7H,1H3,(H,13,14,15,16);3-5,7H,1-2,6H2,(H,13,14,15,16);3-6,8H,1-2,7H2,(H,12,13,14,15);4-7H,2-3,8H2,1H3,(H,12,13,14,15);3-5H,1-2H3,(H,10,11,12,13);2-5H,1H3,(H,9,10,11,12);1-5H,6H2,(H,9,10,11,12). The highest BCUT2D eigenvalue weighted by atomic mass is 35.5. The van der Waals surface area contributed by atoms with Crippen LogP contribution in [0.1, 0.15) is 68.2 Å². The van der Waals surface area contributed by atoms with Crippen molar-refractivity contribution >= 4 is 22.4 Å². The molecule has 0 atom stereocenters. The number of para-hydroxylation sites is 1. The number of aromatic amines is 9. The van der Waals surface area contributed by atoms with E-state index in [0.717, 1.165) is 135 Å². The Labute approximate surface area is 815 Å². The van der Waals surface area contributed by atoms with Gasteiger partial charge in [-0.3, -0.25) is 0 Å². The van der Waals surface area contributed by atoms with Crippen molar-refractivity contribution in [2.24, 2.45) is 11.8 Å². The number of aromatic nitrogens is 36. The molecule has 0 radical (unpaired) electrons. The van der Waals surface area contributed by atoms with Crippen molar-refractivity contribution in [2.45, 2.75) is 58.3 Å². The molecule has 9 N–H and O–H groups in total. The number of H-pyrrole nitrogens is 9. The van der Waals surface area contributed by atoms with Crippen LogP contribution in [0.5, 0.6) is 51.7 Å². The number of unbranched alkanes of at least 4 members (excludes halogenated alkanes) is 1. The highest BCUT2D eigenvalue weighted by molar-refractivity contribution is 6.32. The molecule has 0 amide bonds. The van der Waals surface area contributed by atoms with Gasteiger partial charge in [-0.05, 0) is 254 Å². The monoisotopic (exact) mass is 1930 g/mol. The van der Waals surface area contributed by atoms with Crippen molar-refractivity contribution in [1.29, 1.82) is 0 Å². The Bertz CT molecular complexity index is 7070. The Balaban J connectivity index is 0.000000121. The first-order chi connectivity index (χ1) is 70.1. The van der Waals surface area contributed by atoms with Crippen LogP contribution >= 0.6 is 11.6 Å². The topological polar surface area (TPSA) is 564 Å². The number of ether oxygens (including phenoxy) is 8. The highest BCUT2D eigenvalue weighted by Crippen LogP contribution is 2.37. The summed E-state index contributed by atoms with van der Waals surface area (Å²) in [5, 5.41) is 126. The molecular weight excluding hydrogens is 1830 g/mol. The fourth-order valence-corrected chi connectivity index (χ4v) is 13.3. The molecule has 23 rings (SSSR count). The fourth-order valence-electron chi connectivity index (χ4n) is 13.1. The number of methoxy groups -OCH3 is 4. The van der Waals surface area contributed by atoms with Gasteiger partial charge in [-0.2, -0.15) is 46.9 Å². The van der Waals surface area contributed by atoms with Gasteiger partial charge in [0.1, 0.15) is 40.2 Å². The molecule has 44 nitrogen and oxygen atoms in total. The molecule has 2 fully saturated rings. The summed E-state index contributed by atoms with van der Waals surface area (Å²) in [6.45, 7) is 4.49. The van der Waals surface area contributed by atoms with Gasteiger partial charge in [0, 0.05) is 57.2 Å². The van der Waals surface area contributed by atoms with E-state index in [1.165, 1.54) is 47.9 Å². The average Bonchev–Trinajstić information content (AvgIpc) is 1.79. The van der Waals surface area contributed by atoms with E-state index in [1.54, 1.807) is 46.6 Å². The number of rotatable bonds is 28. The predicted molar refractivity (Wildman–Crippen MR) is 522 cm³/mol. The Morgan fingerprint density at radius 3 is 1.10 bits per heavy atom. The van der Waals surface area contributed by atoms with Crippen LogP contribution in [0.25, 0.3) is 102 Å². The number of nitrogens with zero attached hydrogens (tertiary/aromatic N) is 27. The predicted octanol–water partition coefficient (Wildman–Crippen LogP) is 15.7. The van der Waals surface area contributed by atoms with Crippen LogP contribution in [0.4, 0.5) is 0 Å². The summed E-state index contributed by atoms with van der Waals surface area (Å²) in [6.07, 6.45) is 8.79. The third-order valence-electron chi connectivity index (χ3n) is 20.8. The molecule has 0 unspecified atom stereocenters. The molecule has 9 heterocycles. The molecule has 0 saturated heterocycles. The Hall–Kier alpha value is -18.8. The van der Waals surface area contributed by atoms with Gasteiger partial charge >= 0.3 is 0 Å². The molecule has 9 aromatic heterocycles. The first-order valence-electron chi connectivity index (χ1n) is 44.5. The van der Waals surface area contributed by atoms with Gasteiger partial charge in [-0.15, -0.1) is 91.8 Å². The molecule has 0 bridgehead atoms. The summed E-state index contributed by atoms with van der Waals surface area (Å²) in [7, 11) is 6.45. The van der Waals surface area contributed by atoms with Crippen LogP contribution in [-0.2, 0) is 12.8 Å². The van der Waals surface area contributed by atoms with Crippen molar-refractivity contribution in [2.75, 3.05) is 48.3 Å². The van der Waals surface area contributed by atoms with E-state index in [1.807, 2.05) is 231 Å². The van der Waals surface area contributed by atoms with Crippen molar-refractivity contribution in [1.82, 2.24) is 186 Å². The average molecular weight is 1930 g/mol. The maximum absolute atomic E-state index is 6.14. The van der Waals surface area contributed by atoms with Crippen molar-refractivity contribution in [3.8, 4) is 143 Å². The van der Waals surface area contributed by atoms with E-state index in [0.29, 0.717) is 81.2 Å². The van der Waals surface area contributed by atoms with Crippen molar-refractivity contribution in [3.63, 3.8) is 0 Å². The lowest BCUT2D eigenvalue weighted by molar-refractivity contribution is 0.300. The zero-order valence-corrected chi connectivity index (χ0v) is 78.0. The van der Waals surface area contributed by atoms with Gasteiger partial charge < -0.3 is 37.9 Å². The van der Waals surface area contributed by atoms with Crippen LogP contribution in [0.3, 0.4) is 0 Å². The smallest absolute Gasteiger partial charge is 0.205 e. The Kier molecular flexibility index (Phi) is 36.0. The van der Waals surface area contributed by atoms with Crippen LogP contribution in [0, 0.1) is 11.8 Å². The fraction of sp³-hybridized carbons (Fsp3) is 0.186. The molecule has 2 saturated carbocycles. The van der Waals surface area contributed by atoms with E-state index in [2.05, 4.69) is 229 Å². The SMILES string of the molecule is CCCCOc1ccc(-c2nn[nH]n2)cc1.COc1ccc(-c2nn[nH]n2)c2ccccc12.COc1ccc(-c2nn[nH]n2)cc1OC.COc1cccc(-c2nn[nH]n2)c1.Clc1cc(-c2nn[nH]n2)ccc1OCC1CC1.c1cc(-c2nn[nH]n2)ccc1OCC1CC1.c1ccc(-c2ccc(Cc3nn[nH]n3)cc2)cc1.c1ccc(Cc2nn[nH]n2)cc1.c1ccc(Oc2ccc(-c3nn[nH]n3)cc2)cc1. The van der Waals surface area contributed by atoms with Crippen molar-refractivity contribution < 1.29 is 37.9 Å². The summed E-state index contributed by atoms with van der Waals surface area (Å²) < 4.78 is 43.2. The van der Waals surface area contributed by atoms with E-state index in [9.17, 15) is 0 Å². The molecule has 45 heteroatoms. The number of halogens is 1. The second-order valence-corrected chi connectivity index (χ2v) is 31.1. The van der Waals surface area contributed by atoms with Gasteiger partial charge in [0.05, 0.1) is 53.3 Å². The molecule has 21 aromatic rings. The zero-order valence-electron chi connectivity index (χ0n) is 77.3. The molecular formula is C97H95ClN36O8. The second kappa shape index (κ2) is 52.3. The zero-order chi connectivity index (χ0) is 97.8. The maximum Gasteiger partial charge on any atom is 0.205 e. The third kappa shape index (κ3) is 30.1. The minimum Gasteiger partial charge on any atom is -0.497 e. The molecule has 718 valence electrons. The summed E-state index contributed by atoms with van der Waals surface area (Å²) in [5.74, 6) is 13.9. The Morgan fingerprint density at radius 2 is 0.641 bits per heavy atom. The minimum absolute atomic E-state index is 0.524. The highest BCUT2D eigenvalue weighted by Gasteiger charge is 2.24. The molecule has 0 spiro atoms. The van der Waals surface area contributed by atoms with Gasteiger partial charge in [0.2, 0.25) is 40.8 Å². The third-order valence-corrected chi connectivity index (χ3v) is 21.1.